The highest BCUT2D eigenvalue weighted by atomic mass is 16.4. The number of hydrogen-bond acceptors (Lipinski definition) is 1. The molecule has 3 aliphatic rings. The summed E-state index contributed by atoms with van der Waals surface area (Å²) in [6, 6.07) is 0. The first-order valence-electron chi connectivity index (χ1n) is 4.97. The van der Waals surface area contributed by atoms with Crippen LogP contribution in [0.2, 0.25) is 0 Å². The van der Waals surface area contributed by atoms with Crippen LogP contribution in [0.15, 0.2) is 0 Å². The number of carboxylic acids is 1. The molecule has 4 atom stereocenters. The van der Waals surface area contributed by atoms with E-state index in [1.165, 1.54) is 25.7 Å². The Balaban J connectivity index is 1.82. The van der Waals surface area contributed by atoms with Crippen molar-refractivity contribution in [2.24, 2.45) is 23.2 Å². The monoisotopic (exact) mass is 166 g/mol. The van der Waals surface area contributed by atoms with Crippen molar-refractivity contribution in [2.45, 2.75) is 32.1 Å². The number of aliphatic carboxylic acids is 1. The van der Waals surface area contributed by atoms with Crippen molar-refractivity contribution < 1.29 is 9.90 Å². The molecule has 0 heterocycles. The van der Waals surface area contributed by atoms with Crippen LogP contribution in [0.4, 0.5) is 0 Å². The summed E-state index contributed by atoms with van der Waals surface area (Å²) in [4.78, 5) is 10.8. The van der Waals surface area contributed by atoms with Crippen LogP contribution in [0.5, 0.6) is 0 Å². The number of carbonyl (C=O) groups is 1. The molecule has 1 spiro atoms. The Labute approximate surface area is 72.0 Å². The van der Waals surface area contributed by atoms with E-state index in [0.717, 1.165) is 18.3 Å². The molecule has 1 N–H and O–H groups in total. The zero-order valence-corrected chi connectivity index (χ0v) is 7.12. The maximum atomic E-state index is 10.8. The van der Waals surface area contributed by atoms with Crippen LogP contribution in [-0.4, -0.2) is 11.1 Å². The molecule has 2 heteroatoms. The fraction of sp³-hybridized carbons (Fsp3) is 0.900. The molecule has 66 valence electrons. The molecule has 0 aromatic heterocycles. The highest BCUT2D eigenvalue weighted by molar-refractivity contribution is 5.75. The SMILES string of the molecule is O=C(O)C1CC12CCC1CCC12. The molecule has 3 saturated carbocycles. The Morgan fingerprint density at radius 1 is 1.33 bits per heavy atom. The van der Waals surface area contributed by atoms with Gasteiger partial charge in [0.05, 0.1) is 5.92 Å². The average Bonchev–Trinajstić information content (AvgIpc) is 2.56. The molecule has 0 radical (unpaired) electrons. The van der Waals surface area contributed by atoms with Gasteiger partial charge in [-0.05, 0) is 49.4 Å². The van der Waals surface area contributed by atoms with Gasteiger partial charge in [-0.1, -0.05) is 0 Å². The van der Waals surface area contributed by atoms with Crippen LogP contribution in [-0.2, 0) is 4.79 Å². The van der Waals surface area contributed by atoms with E-state index >= 15 is 0 Å². The molecule has 3 aliphatic carbocycles. The Morgan fingerprint density at radius 3 is 2.58 bits per heavy atom. The zero-order chi connectivity index (χ0) is 8.34. The Morgan fingerprint density at radius 2 is 2.17 bits per heavy atom. The Kier molecular flexibility index (Phi) is 1.07. The van der Waals surface area contributed by atoms with Gasteiger partial charge in [-0.3, -0.25) is 4.79 Å². The Hall–Kier alpha value is -0.530. The van der Waals surface area contributed by atoms with Crippen molar-refractivity contribution in [1.29, 1.82) is 0 Å². The maximum Gasteiger partial charge on any atom is 0.307 e. The quantitative estimate of drug-likeness (QED) is 0.646. The standard InChI is InChI=1S/C10H14O2/c11-9(12)8-5-10(8)4-3-6-1-2-7(6)10/h6-8H,1-5H2,(H,11,12). The van der Waals surface area contributed by atoms with Gasteiger partial charge in [-0.2, -0.15) is 0 Å². The highest BCUT2D eigenvalue weighted by Gasteiger charge is 2.68. The molecule has 4 unspecified atom stereocenters. The van der Waals surface area contributed by atoms with E-state index in [2.05, 4.69) is 0 Å². The predicted molar refractivity (Wildman–Crippen MR) is 43.6 cm³/mol. The molecule has 12 heavy (non-hydrogen) atoms. The van der Waals surface area contributed by atoms with Crippen LogP contribution < -0.4 is 0 Å². The van der Waals surface area contributed by atoms with E-state index < -0.39 is 5.97 Å². The second-order valence-corrected chi connectivity index (χ2v) is 4.81. The number of hydrogen-bond donors (Lipinski definition) is 1. The molecule has 0 aromatic carbocycles. The second kappa shape index (κ2) is 1.86. The van der Waals surface area contributed by atoms with Gasteiger partial charge in [-0.15, -0.1) is 0 Å². The predicted octanol–water partition coefficient (Wildman–Crippen LogP) is 1.90. The summed E-state index contributed by atoms with van der Waals surface area (Å²) in [6.45, 7) is 0. The van der Waals surface area contributed by atoms with Crippen LogP contribution in [0.3, 0.4) is 0 Å². The first-order valence-corrected chi connectivity index (χ1v) is 4.97. The molecule has 3 rings (SSSR count). The van der Waals surface area contributed by atoms with Gasteiger partial charge in [0.15, 0.2) is 0 Å². The summed E-state index contributed by atoms with van der Waals surface area (Å²) in [6.07, 6.45) is 6.20. The van der Waals surface area contributed by atoms with Crippen LogP contribution in [0.25, 0.3) is 0 Å². The third-order valence-corrected chi connectivity index (χ3v) is 4.55. The van der Waals surface area contributed by atoms with Gasteiger partial charge >= 0.3 is 5.97 Å². The van der Waals surface area contributed by atoms with Gasteiger partial charge < -0.3 is 5.11 Å². The van der Waals surface area contributed by atoms with Crippen molar-refractivity contribution in [2.75, 3.05) is 0 Å². The molecular weight excluding hydrogens is 152 g/mol. The normalized spacial score (nSPS) is 54.8. The van der Waals surface area contributed by atoms with Crippen LogP contribution in [0.1, 0.15) is 32.1 Å². The third-order valence-electron chi connectivity index (χ3n) is 4.55. The zero-order valence-electron chi connectivity index (χ0n) is 7.12. The van der Waals surface area contributed by atoms with Crippen molar-refractivity contribution in [3.05, 3.63) is 0 Å². The Bertz CT molecular complexity index is 248. The van der Waals surface area contributed by atoms with Crippen molar-refractivity contribution >= 4 is 5.97 Å². The lowest BCUT2D eigenvalue weighted by Gasteiger charge is -2.34. The van der Waals surface area contributed by atoms with E-state index in [-0.39, 0.29) is 5.92 Å². The second-order valence-electron chi connectivity index (χ2n) is 4.81. The van der Waals surface area contributed by atoms with Gasteiger partial charge in [0.25, 0.3) is 0 Å². The molecular formula is C10H14O2. The minimum Gasteiger partial charge on any atom is -0.481 e. The molecule has 0 amide bonds. The van der Waals surface area contributed by atoms with Crippen molar-refractivity contribution in [3.8, 4) is 0 Å². The van der Waals surface area contributed by atoms with Crippen molar-refractivity contribution in [3.63, 3.8) is 0 Å². The summed E-state index contributed by atoms with van der Waals surface area (Å²) < 4.78 is 0. The fourth-order valence-electron chi connectivity index (χ4n) is 3.65. The van der Waals surface area contributed by atoms with E-state index in [9.17, 15) is 4.79 Å². The summed E-state index contributed by atoms with van der Waals surface area (Å²) in [7, 11) is 0. The first kappa shape index (κ1) is 6.93. The van der Waals surface area contributed by atoms with Gasteiger partial charge in [0, 0.05) is 0 Å². The minimum atomic E-state index is -0.539. The van der Waals surface area contributed by atoms with Gasteiger partial charge in [-0.25, -0.2) is 0 Å². The molecule has 0 bridgehead atoms. The summed E-state index contributed by atoms with van der Waals surface area (Å²) in [5.74, 6) is 1.21. The topological polar surface area (TPSA) is 37.3 Å². The van der Waals surface area contributed by atoms with Gasteiger partial charge in [0.2, 0.25) is 0 Å². The number of rotatable bonds is 1. The smallest absolute Gasteiger partial charge is 0.307 e. The molecule has 0 aliphatic heterocycles. The summed E-state index contributed by atoms with van der Waals surface area (Å²) >= 11 is 0. The van der Waals surface area contributed by atoms with Crippen LogP contribution >= 0.6 is 0 Å². The van der Waals surface area contributed by atoms with E-state index in [0.29, 0.717) is 5.41 Å². The van der Waals surface area contributed by atoms with E-state index in [4.69, 9.17) is 5.11 Å². The minimum absolute atomic E-state index is 0.0350. The molecule has 3 fully saturated rings. The number of carboxylic acid groups (broad SMARTS) is 1. The lowest BCUT2D eigenvalue weighted by atomic mass is 9.70. The number of fused-ring (bicyclic) bond motifs is 2. The highest BCUT2D eigenvalue weighted by Crippen LogP contribution is 2.72. The summed E-state index contributed by atoms with van der Waals surface area (Å²) in [5, 5.41) is 8.91. The fourth-order valence-corrected chi connectivity index (χ4v) is 3.65. The third kappa shape index (κ3) is 0.606. The van der Waals surface area contributed by atoms with Gasteiger partial charge in [0.1, 0.15) is 0 Å². The molecule has 0 aromatic rings. The molecule has 2 nitrogen and oxygen atoms in total. The maximum absolute atomic E-state index is 10.8. The largest absolute Gasteiger partial charge is 0.481 e. The van der Waals surface area contributed by atoms with E-state index in [1.54, 1.807) is 0 Å². The lowest BCUT2D eigenvalue weighted by molar-refractivity contribution is -0.139. The lowest BCUT2D eigenvalue weighted by Crippen LogP contribution is -2.28. The van der Waals surface area contributed by atoms with E-state index in [1.807, 2.05) is 0 Å². The van der Waals surface area contributed by atoms with Crippen LogP contribution in [0, 0.1) is 23.2 Å². The van der Waals surface area contributed by atoms with Crippen molar-refractivity contribution in [1.82, 2.24) is 0 Å². The first-order chi connectivity index (χ1) is 5.74. The summed E-state index contributed by atoms with van der Waals surface area (Å²) in [5.41, 5.74) is 0.300. The molecule has 0 saturated heterocycles. The average molecular weight is 166 g/mol.